The summed E-state index contributed by atoms with van der Waals surface area (Å²) in [6, 6.07) is 3.75. The van der Waals surface area contributed by atoms with Crippen molar-refractivity contribution in [1.29, 1.82) is 0 Å². The summed E-state index contributed by atoms with van der Waals surface area (Å²) in [6.07, 6.45) is 2.35. The number of hydrogen-bond donors (Lipinski definition) is 1. The number of nitrogen functional groups attached to an aromatic ring is 1. The Kier molecular flexibility index (Phi) is 3.41. The standard InChI is InChI=1S/C12H19N3O/c1-9-6-15(7-10(2)16-9)8-12-5-11(13)3-4-14-12/h3-5,9-10H,6-8H2,1-2H3,(H2,13,14). The molecule has 2 atom stereocenters. The third-order valence-corrected chi connectivity index (χ3v) is 2.72. The van der Waals surface area contributed by atoms with Crippen LogP contribution in [0.2, 0.25) is 0 Å². The molecule has 0 aromatic carbocycles. The second kappa shape index (κ2) is 4.80. The van der Waals surface area contributed by atoms with Gasteiger partial charge in [-0.3, -0.25) is 9.88 Å². The van der Waals surface area contributed by atoms with E-state index in [-0.39, 0.29) is 0 Å². The van der Waals surface area contributed by atoms with Crippen LogP contribution in [0.4, 0.5) is 5.69 Å². The molecule has 0 saturated carbocycles. The Morgan fingerprint density at radius 1 is 1.44 bits per heavy atom. The second-order valence-electron chi connectivity index (χ2n) is 4.53. The van der Waals surface area contributed by atoms with E-state index in [1.165, 1.54) is 0 Å². The van der Waals surface area contributed by atoms with Crippen LogP contribution in [0.25, 0.3) is 0 Å². The molecule has 0 radical (unpaired) electrons. The average molecular weight is 221 g/mol. The van der Waals surface area contributed by atoms with Gasteiger partial charge in [-0.05, 0) is 26.0 Å². The van der Waals surface area contributed by atoms with Crippen molar-refractivity contribution >= 4 is 5.69 Å². The van der Waals surface area contributed by atoms with Gasteiger partial charge >= 0.3 is 0 Å². The van der Waals surface area contributed by atoms with E-state index in [1.54, 1.807) is 6.20 Å². The summed E-state index contributed by atoms with van der Waals surface area (Å²) in [4.78, 5) is 6.68. The van der Waals surface area contributed by atoms with E-state index in [1.807, 2.05) is 12.1 Å². The van der Waals surface area contributed by atoms with Crippen molar-refractivity contribution < 1.29 is 4.74 Å². The largest absolute Gasteiger partial charge is 0.399 e. The second-order valence-corrected chi connectivity index (χ2v) is 4.53. The molecule has 0 amide bonds. The Labute approximate surface area is 96.4 Å². The molecular weight excluding hydrogens is 202 g/mol. The van der Waals surface area contributed by atoms with Gasteiger partial charge in [0.25, 0.3) is 0 Å². The fraction of sp³-hybridized carbons (Fsp3) is 0.583. The first-order chi connectivity index (χ1) is 7.63. The van der Waals surface area contributed by atoms with Gasteiger partial charge in [-0.2, -0.15) is 0 Å². The minimum Gasteiger partial charge on any atom is -0.399 e. The molecule has 2 N–H and O–H groups in total. The van der Waals surface area contributed by atoms with Gasteiger partial charge in [-0.1, -0.05) is 0 Å². The first kappa shape index (κ1) is 11.4. The van der Waals surface area contributed by atoms with Crippen molar-refractivity contribution in [3.05, 3.63) is 24.0 Å². The van der Waals surface area contributed by atoms with Gasteiger partial charge in [0.15, 0.2) is 0 Å². The fourth-order valence-electron chi connectivity index (χ4n) is 2.23. The molecule has 4 nitrogen and oxygen atoms in total. The zero-order valence-corrected chi connectivity index (χ0v) is 9.89. The van der Waals surface area contributed by atoms with E-state index in [0.29, 0.717) is 12.2 Å². The molecule has 1 saturated heterocycles. The third-order valence-electron chi connectivity index (χ3n) is 2.72. The smallest absolute Gasteiger partial charge is 0.0678 e. The van der Waals surface area contributed by atoms with Crippen LogP contribution in [0.15, 0.2) is 18.3 Å². The predicted octanol–water partition coefficient (Wildman–Crippen LogP) is 1.27. The highest BCUT2D eigenvalue weighted by atomic mass is 16.5. The van der Waals surface area contributed by atoms with Gasteiger partial charge in [-0.15, -0.1) is 0 Å². The summed E-state index contributed by atoms with van der Waals surface area (Å²) in [7, 11) is 0. The predicted molar refractivity (Wildman–Crippen MR) is 63.9 cm³/mol. The first-order valence-electron chi connectivity index (χ1n) is 5.71. The lowest BCUT2D eigenvalue weighted by Crippen LogP contribution is -2.44. The molecule has 1 aromatic rings. The van der Waals surface area contributed by atoms with Crippen LogP contribution < -0.4 is 5.73 Å². The van der Waals surface area contributed by atoms with Crippen LogP contribution in [0, 0.1) is 0 Å². The first-order valence-corrected chi connectivity index (χ1v) is 5.71. The lowest BCUT2D eigenvalue weighted by atomic mass is 10.2. The minimum atomic E-state index is 0.296. The number of ether oxygens (including phenoxy) is 1. The third kappa shape index (κ3) is 2.93. The monoisotopic (exact) mass is 221 g/mol. The Bertz CT molecular complexity index is 346. The highest BCUT2D eigenvalue weighted by Gasteiger charge is 2.22. The van der Waals surface area contributed by atoms with Crippen molar-refractivity contribution in [1.82, 2.24) is 9.88 Å². The number of nitrogens with two attached hydrogens (primary N) is 1. The molecule has 1 aliphatic rings. The van der Waals surface area contributed by atoms with Crippen LogP contribution in [0.3, 0.4) is 0 Å². The molecule has 88 valence electrons. The Balaban J connectivity index is 1.98. The number of rotatable bonds is 2. The normalized spacial score (nSPS) is 26.9. The summed E-state index contributed by atoms with van der Waals surface area (Å²) >= 11 is 0. The van der Waals surface area contributed by atoms with Gasteiger partial charge in [-0.25, -0.2) is 0 Å². The minimum absolute atomic E-state index is 0.296. The highest BCUT2D eigenvalue weighted by molar-refractivity contribution is 5.37. The maximum atomic E-state index is 5.74. The number of aromatic nitrogens is 1. The summed E-state index contributed by atoms with van der Waals surface area (Å²) in [5.41, 5.74) is 7.54. The molecule has 2 rings (SSSR count). The zero-order chi connectivity index (χ0) is 11.5. The van der Waals surface area contributed by atoms with Gasteiger partial charge < -0.3 is 10.5 Å². The van der Waals surface area contributed by atoms with Crippen LogP contribution >= 0.6 is 0 Å². The van der Waals surface area contributed by atoms with Crippen molar-refractivity contribution in [3.63, 3.8) is 0 Å². The summed E-state index contributed by atoms with van der Waals surface area (Å²) < 4.78 is 5.69. The molecular formula is C12H19N3O. The molecule has 1 aromatic heterocycles. The molecule has 0 aliphatic carbocycles. The number of nitrogens with zero attached hydrogens (tertiary/aromatic N) is 2. The van der Waals surface area contributed by atoms with Crippen molar-refractivity contribution in [2.45, 2.75) is 32.6 Å². The van der Waals surface area contributed by atoms with Gasteiger partial charge in [0.2, 0.25) is 0 Å². The topological polar surface area (TPSA) is 51.4 Å². The zero-order valence-electron chi connectivity index (χ0n) is 9.89. The molecule has 1 fully saturated rings. The van der Waals surface area contributed by atoms with Crippen molar-refractivity contribution in [3.8, 4) is 0 Å². The Hall–Kier alpha value is -1.13. The molecule has 4 heteroatoms. The van der Waals surface area contributed by atoms with Crippen LogP contribution in [0.1, 0.15) is 19.5 Å². The molecule has 1 aliphatic heterocycles. The SMILES string of the molecule is CC1CN(Cc2cc(N)ccn2)CC(C)O1. The van der Waals surface area contributed by atoms with Gasteiger partial charge in [0, 0.05) is 31.5 Å². The highest BCUT2D eigenvalue weighted by Crippen LogP contribution is 2.14. The maximum Gasteiger partial charge on any atom is 0.0678 e. The Morgan fingerprint density at radius 2 is 2.12 bits per heavy atom. The summed E-state index contributed by atoms with van der Waals surface area (Å²) in [6.45, 7) is 6.98. The van der Waals surface area contributed by atoms with Crippen molar-refractivity contribution in [2.75, 3.05) is 18.8 Å². The van der Waals surface area contributed by atoms with Crippen LogP contribution in [-0.2, 0) is 11.3 Å². The van der Waals surface area contributed by atoms with E-state index in [2.05, 4.69) is 23.7 Å². The fourth-order valence-corrected chi connectivity index (χ4v) is 2.23. The maximum absolute atomic E-state index is 5.74. The number of pyridine rings is 1. The molecule has 2 heterocycles. The number of anilines is 1. The summed E-state index contributed by atoms with van der Waals surface area (Å²) in [5, 5.41) is 0. The van der Waals surface area contributed by atoms with E-state index < -0.39 is 0 Å². The molecule has 16 heavy (non-hydrogen) atoms. The Morgan fingerprint density at radius 3 is 2.75 bits per heavy atom. The van der Waals surface area contributed by atoms with Crippen LogP contribution in [-0.4, -0.2) is 35.2 Å². The van der Waals surface area contributed by atoms with Gasteiger partial charge in [0.05, 0.1) is 17.9 Å². The van der Waals surface area contributed by atoms with E-state index in [9.17, 15) is 0 Å². The lowest BCUT2D eigenvalue weighted by Gasteiger charge is -2.35. The molecule has 2 unspecified atom stereocenters. The van der Waals surface area contributed by atoms with Crippen molar-refractivity contribution in [2.24, 2.45) is 0 Å². The number of hydrogen-bond acceptors (Lipinski definition) is 4. The summed E-state index contributed by atoms with van der Waals surface area (Å²) in [5.74, 6) is 0. The number of morpholine rings is 1. The average Bonchev–Trinajstić information content (AvgIpc) is 2.15. The van der Waals surface area contributed by atoms with Crippen LogP contribution in [0.5, 0.6) is 0 Å². The lowest BCUT2D eigenvalue weighted by molar-refractivity contribution is -0.0707. The van der Waals surface area contributed by atoms with E-state index in [0.717, 1.165) is 31.0 Å². The van der Waals surface area contributed by atoms with E-state index >= 15 is 0 Å². The molecule has 0 bridgehead atoms. The van der Waals surface area contributed by atoms with E-state index in [4.69, 9.17) is 10.5 Å². The molecule has 0 spiro atoms. The van der Waals surface area contributed by atoms with Gasteiger partial charge in [0.1, 0.15) is 0 Å². The quantitative estimate of drug-likeness (QED) is 0.817.